The minimum absolute atomic E-state index is 0.164. The molecule has 0 atom stereocenters. The Balaban J connectivity index is 2.13. The van der Waals surface area contributed by atoms with Gasteiger partial charge in [0.1, 0.15) is 13.2 Å². The Bertz CT molecular complexity index is 652. The summed E-state index contributed by atoms with van der Waals surface area (Å²) in [6.07, 6.45) is 0. The summed E-state index contributed by atoms with van der Waals surface area (Å²) in [5, 5.41) is 11.6. The number of hydrogen-bond donors (Lipinski definition) is 2. The van der Waals surface area contributed by atoms with Gasteiger partial charge in [0, 0.05) is 16.1 Å². The van der Waals surface area contributed by atoms with E-state index in [1.165, 1.54) is 0 Å². The van der Waals surface area contributed by atoms with Crippen LogP contribution in [0.25, 0.3) is 0 Å². The summed E-state index contributed by atoms with van der Waals surface area (Å²) >= 11 is 9.69. The van der Waals surface area contributed by atoms with E-state index in [9.17, 15) is 0 Å². The normalized spacial score (nSPS) is 10.6. The second kappa shape index (κ2) is 9.13. The molecule has 0 saturated heterocycles. The van der Waals surface area contributed by atoms with E-state index in [1.54, 1.807) is 7.11 Å². The standard InChI is InChI=1S/C17H19BrClNO3/c1-22-16-9-12(10-20-6-7-21)8-14(18)17(16)23-11-13-4-2-3-5-15(13)19/h2-5,8-9,20-21H,6-7,10-11H2,1H3/p+1. The first-order valence-electron chi connectivity index (χ1n) is 7.31. The van der Waals surface area contributed by atoms with E-state index < -0.39 is 0 Å². The molecule has 0 amide bonds. The van der Waals surface area contributed by atoms with Crippen molar-refractivity contribution in [3.63, 3.8) is 0 Å². The van der Waals surface area contributed by atoms with Gasteiger partial charge in [0.25, 0.3) is 0 Å². The molecule has 0 fully saturated rings. The summed E-state index contributed by atoms with van der Waals surface area (Å²) in [6.45, 7) is 1.97. The highest BCUT2D eigenvalue weighted by Crippen LogP contribution is 2.37. The summed E-state index contributed by atoms with van der Waals surface area (Å²) in [6, 6.07) is 11.5. The van der Waals surface area contributed by atoms with E-state index in [0.717, 1.165) is 22.1 Å². The number of quaternary nitrogens is 1. The minimum atomic E-state index is 0.164. The third-order valence-corrected chi connectivity index (χ3v) is 4.29. The summed E-state index contributed by atoms with van der Waals surface area (Å²) in [7, 11) is 1.62. The van der Waals surface area contributed by atoms with Gasteiger partial charge < -0.3 is 19.9 Å². The molecule has 0 radical (unpaired) electrons. The fourth-order valence-electron chi connectivity index (χ4n) is 2.16. The maximum Gasteiger partial charge on any atom is 0.175 e. The van der Waals surface area contributed by atoms with Crippen molar-refractivity contribution in [1.82, 2.24) is 0 Å². The lowest BCUT2D eigenvalue weighted by Crippen LogP contribution is -2.83. The van der Waals surface area contributed by atoms with Crippen LogP contribution in [-0.4, -0.2) is 25.4 Å². The molecule has 0 aromatic heterocycles. The predicted molar refractivity (Wildman–Crippen MR) is 94.1 cm³/mol. The van der Waals surface area contributed by atoms with Gasteiger partial charge in [-0.2, -0.15) is 0 Å². The average Bonchev–Trinajstić information content (AvgIpc) is 2.55. The first kappa shape index (κ1) is 18.1. The van der Waals surface area contributed by atoms with Gasteiger partial charge in [-0.3, -0.25) is 0 Å². The van der Waals surface area contributed by atoms with Gasteiger partial charge in [0.15, 0.2) is 11.5 Å². The van der Waals surface area contributed by atoms with Gasteiger partial charge in [0.05, 0.1) is 24.7 Å². The molecule has 2 rings (SSSR count). The van der Waals surface area contributed by atoms with Crippen molar-refractivity contribution >= 4 is 27.5 Å². The predicted octanol–water partition coefficient (Wildman–Crippen LogP) is 2.75. The molecule has 0 bridgehead atoms. The molecule has 0 unspecified atom stereocenters. The van der Waals surface area contributed by atoms with Crippen LogP contribution in [0.5, 0.6) is 11.5 Å². The molecule has 0 aliphatic rings. The highest BCUT2D eigenvalue weighted by Gasteiger charge is 2.13. The van der Waals surface area contributed by atoms with Crippen molar-refractivity contribution in [2.45, 2.75) is 13.2 Å². The Kier molecular flexibility index (Phi) is 7.17. The van der Waals surface area contributed by atoms with Crippen molar-refractivity contribution in [1.29, 1.82) is 0 Å². The molecular formula is C17H20BrClNO3+. The summed E-state index contributed by atoms with van der Waals surface area (Å²) in [5.74, 6) is 1.32. The molecule has 0 aliphatic carbocycles. The van der Waals surface area contributed by atoms with Crippen LogP contribution in [0.15, 0.2) is 40.9 Å². The second-order valence-corrected chi connectivity index (χ2v) is 6.26. The number of halogens is 2. The van der Waals surface area contributed by atoms with E-state index in [4.69, 9.17) is 26.2 Å². The van der Waals surface area contributed by atoms with Crippen LogP contribution in [-0.2, 0) is 13.2 Å². The van der Waals surface area contributed by atoms with Crippen LogP contribution in [0.3, 0.4) is 0 Å². The Hall–Kier alpha value is -1.27. The Labute approximate surface area is 149 Å². The molecule has 2 aromatic carbocycles. The molecule has 0 saturated carbocycles. The molecule has 6 heteroatoms. The van der Waals surface area contributed by atoms with Crippen molar-refractivity contribution in [3.8, 4) is 11.5 Å². The van der Waals surface area contributed by atoms with Crippen LogP contribution < -0.4 is 14.8 Å². The Morgan fingerprint density at radius 2 is 2.04 bits per heavy atom. The smallest absolute Gasteiger partial charge is 0.175 e. The largest absolute Gasteiger partial charge is 0.493 e. The highest BCUT2D eigenvalue weighted by molar-refractivity contribution is 9.10. The lowest BCUT2D eigenvalue weighted by Gasteiger charge is -2.14. The van der Waals surface area contributed by atoms with E-state index in [2.05, 4.69) is 15.9 Å². The summed E-state index contributed by atoms with van der Waals surface area (Å²) in [4.78, 5) is 0. The molecule has 124 valence electrons. The zero-order valence-electron chi connectivity index (χ0n) is 12.9. The first-order valence-corrected chi connectivity index (χ1v) is 8.48. The van der Waals surface area contributed by atoms with Crippen LogP contribution >= 0.6 is 27.5 Å². The van der Waals surface area contributed by atoms with E-state index >= 15 is 0 Å². The lowest BCUT2D eigenvalue weighted by atomic mass is 10.2. The number of ether oxygens (including phenoxy) is 2. The lowest BCUT2D eigenvalue weighted by molar-refractivity contribution is -0.671. The second-order valence-electron chi connectivity index (χ2n) is 4.99. The molecule has 0 heterocycles. The topological polar surface area (TPSA) is 55.3 Å². The first-order chi connectivity index (χ1) is 11.2. The van der Waals surface area contributed by atoms with E-state index in [1.807, 2.05) is 41.7 Å². The molecule has 2 aromatic rings. The molecule has 23 heavy (non-hydrogen) atoms. The monoisotopic (exact) mass is 400 g/mol. The highest BCUT2D eigenvalue weighted by atomic mass is 79.9. The molecule has 4 nitrogen and oxygen atoms in total. The number of hydrogen-bond acceptors (Lipinski definition) is 3. The van der Waals surface area contributed by atoms with Gasteiger partial charge in [-0.1, -0.05) is 29.8 Å². The van der Waals surface area contributed by atoms with Crippen molar-refractivity contribution in [2.75, 3.05) is 20.3 Å². The zero-order valence-corrected chi connectivity index (χ0v) is 15.2. The summed E-state index contributed by atoms with van der Waals surface area (Å²) in [5.41, 5.74) is 2.01. The van der Waals surface area contributed by atoms with Gasteiger partial charge >= 0.3 is 0 Å². The van der Waals surface area contributed by atoms with Gasteiger partial charge in [-0.05, 0) is 34.1 Å². The van der Waals surface area contributed by atoms with Crippen molar-refractivity contribution in [2.24, 2.45) is 0 Å². The number of aliphatic hydroxyl groups is 1. The van der Waals surface area contributed by atoms with Crippen LogP contribution in [0, 0.1) is 0 Å². The van der Waals surface area contributed by atoms with E-state index in [-0.39, 0.29) is 6.61 Å². The molecule has 0 aliphatic heterocycles. The molecular weight excluding hydrogens is 382 g/mol. The fraction of sp³-hybridized carbons (Fsp3) is 0.294. The van der Waals surface area contributed by atoms with Gasteiger partial charge in [0.2, 0.25) is 0 Å². The number of methoxy groups -OCH3 is 1. The zero-order chi connectivity index (χ0) is 16.7. The van der Waals surface area contributed by atoms with Crippen LogP contribution in [0.2, 0.25) is 5.02 Å². The number of rotatable bonds is 8. The minimum Gasteiger partial charge on any atom is -0.493 e. The molecule has 3 N–H and O–H groups in total. The van der Waals surface area contributed by atoms with Gasteiger partial charge in [-0.25, -0.2) is 0 Å². The molecule has 0 spiro atoms. The fourth-order valence-corrected chi connectivity index (χ4v) is 2.95. The summed E-state index contributed by atoms with van der Waals surface area (Å²) < 4.78 is 12.2. The third kappa shape index (κ3) is 5.11. The van der Waals surface area contributed by atoms with Crippen molar-refractivity contribution < 1.29 is 19.9 Å². The quantitative estimate of drug-likeness (QED) is 0.669. The van der Waals surface area contributed by atoms with Crippen LogP contribution in [0.1, 0.15) is 11.1 Å². The maximum absolute atomic E-state index is 8.85. The maximum atomic E-state index is 8.85. The Morgan fingerprint density at radius 3 is 2.74 bits per heavy atom. The Morgan fingerprint density at radius 1 is 1.26 bits per heavy atom. The average molecular weight is 402 g/mol. The number of benzene rings is 2. The third-order valence-electron chi connectivity index (χ3n) is 3.33. The number of aliphatic hydroxyl groups excluding tert-OH is 1. The van der Waals surface area contributed by atoms with Crippen LogP contribution in [0.4, 0.5) is 0 Å². The SMILES string of the molecule is COc1cc(C[NH2+]CCO)cc(Br)c1OCc1ccccc1Cl. The van der Waals surface area contributed by atoms with Gasteiger partial charge in [-0.15, -0.1) is 0 Å². The number of nitrogens with two attached hydrogens (primary N) is 1. The van der Waals surface area contributed by atoms with E-state index in [0.29, 0.717) is 29.7 Å². The van der Waals surface area contributed by atoms with Crippen molar-refractivity contribution in [3.05, 3.63) is 57.0 Å².